The molecule has 0 heterocycles. The molecule has 0 spiro atoms. The van der Waals surface area contributed by atoms with Gasteiger partial charge in [-0.15, -0.1) is 0 Å². The number of Topliss-reactive ketones (excluding diaryl/α,β-unsaturated/α-hetero) is 2. The highest BCUT2D eigenvalue weighted by atomic mass is 16.2. The summed E-state index contributed by atoms with van der Waals surface area (Å²) in [6.45, 7) is 7.69. The van der Waals surface area contributed by atoms with Gasteiger partial charge in [-0.05, 0) is 58.6 Å². The lowest BCUT2D eigenvalue weighted by molar-refractivity contribution is -0.132. The van der Waals surface area contributed by atoms with Gasteiger partial charge in [0.05, 0.1) is 6.04 Å². The normalized spacial score (nSPS) is 12.9. The average Bonchev–Trinajstić information content (AvgIpc) is 2.99. The van der Waals surface area contributed by atoms with E-state index in [2.05, 4.69) is 26.3 Å². The Hall–Kier alpha value is -3.80. The van der Waals surface area contributed by atoms with Gasteiger partial charge in [-0.25, -0.2) is 0 Å². The molecule has 0 aromatic heterocycles. The number of nitrogens with zero attached hydrogens (tertiary/aromatic N) is 2. The highest BCUT2D eigenvalue weighted by molar-refractivity contribution is 5.92. The Kier molecular flexibility index (Phi) is 21.6. The number of aliphatic imine (C=N–C) groups is 1. The number of nitrogens with two attached hydrogens (primary N) is 1. The van der Waals surface area contributed by atoms with E-state index in [0.717, 1.165) is 12.0 Å². The Morgan fingerprint density at radius 2 is 1.48 bits per heavy atom. The van der Waals surface area contributed by atoms with Crippen molar-refractivity contribution >= 4 is 35.2 Å². The van der Waals surface area contributed by atoms with Gasteiger partial charge >= 0.3 is 0 Å². The molecule has 1 aromatic carbocycles. The number of nitrogens with one attached hydrogen (secondary N) is 4. The Morgan fingerprint density at radius 1 is 0.841 bits per heavy atom. The fourth-order valence-electron chi connectivity index (χ4n) is 4.15. The predicted molar refractivity (Wildman–Crippen MR) is 175 cm³/mol. The minimum absolute atomic E-state index is 0.0309. The van der Waals surface area contributed by atoms with Crippen LogP contribution in [0.25, 0.3) is 0 Å². The number of amides is 3. The summed E-state index contributed by atoms with van der Waals surface area (Å²) in [5.74, 6) is -0.954. The minimum Gasteiger partial charge on any atom is -0.370 e. The molecule has 1 rings (SSSR count). The van der Waals surface area contributed by atoms with Gasteiger partial charge in [0.1, 0.15) is 23.7 Å². The van der Waals surface area contributed by atoms with E-state index in [1.165, 1.54) is 6.92 Å². The Labute approximate surface area is 263 Å². The summed E-state index contributed by atoms with van der Waals surface area (Å²) in [5.41, 5.74) is 6.71. The molecule has 0 aliphatic carbocycles. The van der Waals surface area contributed by atoms with Crippen LogP contribution in [0.15, 0.2) is 35.3 Å². The van der Waals surface area contributed by atoms with Crippen molar-refractivity contribution in [1.82, 2.24) is 26.2 Å². The van der Waals surface area contributed by atoms with E-state index in [1.807, 2.05) is 44.2 Å². The van der Waals surface area contributed by atoms with E-state index in [1.54, 1.807) is 33.0 Å². The highest BCUT2D eigenvalue weighted by Gasteiger charge is 2.27. The minimum atomic E-state index is -0.920. The SMILES string of the molecule is CC.CNC(CCCCNC(=O)C(Cc1ccccc1)NC(=O)C(CCCN=C(N)N(C)C)NC(=O)CCC(C)=O)C(C)=O. The molecule has 0 fully saturated rings. The van der Waals surface area contributed by atoms with Crippen molar-refractivity contribution in [3.05, 3.63) is 35.9 Å². The first kappa shape index (κ1) is 40.2. The molecule has 248 valence electrons. The number of rotatable bonds is 20. The molecular formula is C32H55N7O5. The van der Waals surface area contributed by atoms with Crippen LogP contribution in [0.3, 0.4) is 0 Å². The largest absolute Gasteiger partial charge is 0.370 e. The molecule has 0 aliphatic heterocycles. The van der Waals surface area contributed by atoms with E-state index >= 15 is 0 Å². The second-order valence-electron chi connectivity index (χ2n) is 10.6. The average molecular weight is 618 g/mol. The molecule has 44 heavy (non-hydrogen) atoms. The lowest BCUT2D eigenvalue weighted by Gasteiger charge is -2.23. The number of benzene rings is 1. The van der Waals surface area contributed by atoms with Crippen LogP contribution in [0.5, 0.6) is 0 Å². The topological polar surface area (TPSA) is 175 Å². The summed E-state index contributed by atoms with van der Waals surface area (Å²) in [4.78, 5) is 68.0. The molecule has 0 aliphatic rings. The molecule has 3 atom stereocenters. The van der Waals surface area contributed by atoms with E-state index < -0.39 is 23.9 Å². The number of hydrogen-bond donors (Lipinski definition) is 5. The van der Waals surface area contributed by atoms with Gasteiger partial charge in [0.15, 0.2) is 5.96 Å². The molecule has 0 bridgehead atoms. The molecular weight excluding hydrogens is 562 g/mol. The standard InChI is InChI=1S/C30H49N7O5.C2H6/c1-21(38)16-17-27(40)35-25(15-11-19-34-30(31)37(4)5)29(42)36-26(20-23-12-7-6-8-13-23)28(41)33-18-10-9-14-24(32-3)22(2)39;1-2/h6-8,12-13,24-26,32H,9-11,14-20H2,1-5H3,(H2,31,34)(H,33,41)(H,35,40)(H,36,42);1-2H3. The fourth-order valence-corrected chi connectivity index (χ4v) is 4.15. The molecule has 0 saturated carbocycles. The lowest BCUT2D eigenvalue weighted by atomic mass is 10.0. The summed E-state index contributed by atoms with van der Waals surface area (Å²) >= 11 is 0. The van der Waals surface area contributed by atoms with Crippen LogP contribution in [0.4, 0.5) is 0 Å². The Bertz CT molecular complexity index is 1050. The van der Waals surface area contributed by atoms with Gasteiger partial charge in [-0.1, -0.05) is 44.2 Å². The van der Waals surface area contributed by atoms with Gasteiger partial charge in [0.25, 0.3) is 0 Å². The molecule has 0 radical (unpaired) electrons. The number of carbonyl (C=O) groups excluding carboxylic acids is 5. The molecule has 12 heteroatoms. The van der Waals surface area contributed by atoms with E-state index in [-0.39, 0.29) is 49.2 Å². The van der Waals surface area contributed by atoms with Gasteiger partial charge in [0, 0.05) is 46.4 Å². The Balaban J connectivity index is 0.00000904. The van der Waals surface area contributed by atoms with Crippen molar-refractivity contribution in [2.24, 2.45) is 10.7 Å². The van der Waals surface area contributed by atoms with Crippen LogP contribution in [0, 0.1) is 0 Å². The van der Waals surface area contributed by atoms with E-state index in [9.17, 15) is 24.0 Å². The second-order valence-corrected chi connectivity index (χ2v) is 10.6. The van der Waals surface area contributed by atoms with Crippen molar-refractivity contribution in [2.75, 3.05) is 34.2 Å². The first-order valence-electron chi connectivity index (χ1n) is 15.5. The lowest BCUT2D eigenvalue weighted by Crippen LogP contribution is -2.54. The third-order valence-electron chi connectivity index (χ3n) is 6.71. The number of hydrogen-bond acceptors (Lipinski definition) is 7. The molecule has 6 N–H and O–H groups in total. The van der Waals surface area contributed by atoms with Crippen LogP contribution in [0.2, 0.25) is 0 Å². The fraction of sp³-hybridized carbons (Fsp3) is 0.625. The second kappa shape index (κ2) is 23.6. The maximum Gasteiger partial charge on any atom is 0.243 e. The smallest absolute Gasteiger partial charge is 0.243 e. The van der Waals surface area contributed by atoms with Crippen molar-refractivity contribution < 1.29 is 24.0 Å². The summed E-state index contributed by atoms with van der Waals surface area (Å²) in [6, 6.07) is 7.33. The monoisotopic (exact) mass is 617 g/mol. The van der Waals surface area contributed by atoms with E-state index in [4.69, 9.17) is 5.73 Å². The first-order valence-corrected chi connectivity index (χ1v) is 15.5. The van der Waals surface area contributed by atoms with Crippen LogP contribution in [-0.4, -0.2) is 92.5 Å². The maximum absolute atomic E-state index is 13.4. The molecule has 12 nitrogen and oxygen atoms in total. The molecule has 0 saturated heterocycles. The number of likely N-dealkylation sites (N-methyl/N-ethyl adjacent to an activating group) is 1. The molecule has 3 amide bonds. The van der Waals surface area contributed by atoms with Crippen molar-refractivity contribution in [3.8, 4) is 0 Å². The van der Waals surface area contributed by atoms with Crippen molar-refractivity contribution in [3.63, 3.8) is 0 Å². The zero-order valence-corrected chi connectivity index (χ0v) is 27.7. The number of carbonyl (C=O) groups is 5. The first-order chi connectivity index (χ1) is 20.9. The zero-order chi connectivity index (χ0) is 33.5. The van der Waals surface area contributed by atoms with Crippen molar-refractivity contribution in [2.45, 2.75) is 97.2 Å². The molecule has 3 unspecified atom stereocenters. The zero-order valence-electron chi connectivity index (χ0n) is 27.7. The summed E-state index contributed by atoms with van der Waals surface area (Å²) in [6.07, 6.45) is 3.12. The van der Waals surface area contributed by atoms with Gasteiger partial charge < -0.3 is 36.7 Å². The van der Waals surface area contributed by atoms with Gasteiger partial charge in [-0.2, -0.15) is 0 Å². The van der Waals surface area contributed by atoms with E-state index in [0.29, 0.717) is 38.3 Å². The van der Waals surface area contributed by atoms with Crippen LogP contribution < -0.4 is 27.0 Å². The third-order valence-corrected chi connectivity index (χ3v) is 6.71. The van der Waals surface area contributed by atoms with Crippen LogP contribution in [-0.2, 0) is 30.4 Å². The highest BCUT2D eigenvalue weighted by Crippen LogP contribution is 2.07. The van der Waals surface area contributed by atoms with Crippen LogP contribution >= 0.6 is 0 Å². The van der Waals surface area contributed by atoms with Gasteiger partial charge in [0.2, 0.25) is 17.7 Å². The number of ketones is 2. The summed E-state index contributed by atoms with van der Waals surface area (Å²) in [7, 11) is 5.29. The Morgan fingerprint density at radius 3 is 2.05 bits per heavy atom. The quantitative estimate of drug-likeness (QED) is 0.0835. The number of unbranched alkanes of at least 4 members (excludes halogenated alkanes) is 1. The maximum atomic E-state index is 13.4. The summed E-state index contributed by atoms with van der Waals surface area (Å²) in [5, 5.41) is 11.4. The summed E-state index contributed by atoms with van der Waals surface area (Å²) < 4.78 is 0. The van der Waals surface area contributed by atoms with Crippen molar-refractivity contribution in [1.29, 1.82) is 0 Å². The van der Waals surface area contributed by atoms with Crippen LogP contribution in [0.1, 0.15) is 78.2 Å². The molecule has 1 aromatic rings. The predicted octanol–water partition coefficient (Wildman–Crippen LogP) is 1.71. The van der Waals surface area contributed by atoms with Gasteiger partial charge in [-0.3, -0.25) is 24.2 Å². The number of guanidine groups is 1. The third kappa shape index (κ3) is 18.0.